The van der Waals surface area contributed by atoms with Gasteiger partial charge in [0.2, 0.25) is 11.8 Å². The zero-order valence-electron chi connectivity index (χ0n) is 10.6. The van der Waals surface area contributed by atoms with E-state index in [1.165, 1.54) is 6.92 Å². The van der Waals surface area contributed by atoms with Crippen LogP contribution >= 0.6 is 0 Å². The van der Waals surface area contributed by atoms with E-state index in [4.69, 9.17) is 0 Å². The van der Waals surface area contributed by atoms with E-state index < -0.39 is 0 Å². The Morgan fingerprint density at radius 3 is 2.83 bits per heavy atom. The number of hydrogen-bond donors (Lipinski definition) is 1. The lowest BCUT2D eigenvalue weighted by Crippen LogP contribution is -2.55. The van der Waals surface area contributed by atoms with Gasteiger partial charge < -0.3 is 10.2 Å². The number of amides is 2. The molecule has 1 fully saturated rings. The standard InChI is InChI=1S/C13H17N3O2/c1-9-4-3-5-14-12(9)6-15-13(18)11-7-16(8-11)10(2)17/h3-5,11H,6-8H2,1-2H3,(H,15,18). The first-order chi connectivity index (χ1) is 8.58. The fraction of sp³-hybridized carbons (Fsp3) is 0.462. The highest BCUT2D eigenvalue weighted by molar-refractivity contribution is 5.83. The molecule has 2 amide bonds. The van der Waals surface area contributed by atoms with Crippen molar-refractivity contribution in [1.82, 2.24) is 15.2 Å². The van der Waals surface area contributed by atoms with Crippen molar-refractivity contribution in [3.63, 3.8) is 0 Å². The molecule has 1 aliphatic heterocycles. The molecule has 0 bridgehead atoms. The zero-order valence-corrected chi connectivity index (χ0v) is 10.6. The van der Waals surface area contributed by atoms with Gasteiger partial charge in [-0.1, -0.05) is 6.07 Å². The summed E-state index contributed by atoms with van der Waals surface area (Å²) in [5.41, 5.74) is 1.95. The molecule has 1 saturated heterocycles. The number of aromatic nitrogens is 1. The molecule has 0 aliphatic carbocycles. The third-order valence-electron chi connectivity index (χ3n) is 3.25. The molecule has 1 aromatic heterocycles. The van der Waals surface area contributed by atoms with Crippen LogP contribution in [-0.2, 0) is 16.1 Å². The minimum absolute atomic E-state index is 0.00227. The average molecular weight is 247 g/mol. The maximum absolute atomic E-state index is 11.8. The summed E-state index contributed by atoms with van der Waals surface area (Å²) in [6.45, 7) is 4.99. The van der Waals surface area contributed by atoms with E-state index in [1.807, 2.05) is 19.1 Å². The molecule has 2 heterocycles. The summed E-state index contributed by atoms with van der Waals surface area (Å²) < 4.78 is 0. The van der Waals surface area contributed by atoms with Crippen molar-refractivity contribution >= 4 is 11.8 Å². The van der Waals surface area contributed by atoms with Crippen LogP contribution in [-0.4, -0.2) is 34.8 Å². The van der Waals surface area contributed by atoms with Crippen molar-refractivity contribution in [3.05, 3.63) is 29.6 Å². The van der Waals surface area contributed by atoms with Crippen LogP contribution < -0.4 is 5.32 Å². The normalized spacial score (nSPS) is 15.1. The molecule has 0 spiro atoms. The van der Waals surface area contributed by atoms with Gasteiger partial charge in [0.1, 0.15) is 0 Å². The molecular formula is C13H17N3O2. The van der Waals surface area contributed by atoms with E-state index >= 15 is 0 Å². The molecule has 1 N–H and O–H groups in total. The number of pyridine rings is 1. The lowest BCUT2D eigenvalue weighted by Gasteiger charge is -2.37. The fourth-order valence-corrected chi connectivity index (χ4v) is 1.92. The number of carbonyl (C=O) groups excluding carboxylic acids is 2. The van der Waals surface area contributed by atoms with Gasteiger partial charge in [-0.25, -0.2) is 0 Å². The number of hydrogen-bond acceptors (Lipinski definition) is 3. The SMILES string of the molecule is CC(=O)N1CC(C(=O)NCc2ncccc2C)C1. The Morgan fingerprint density at radius 1 is 1.50 bits per heavy atom. The summed E-state index contributed by atoms with van der Waals surface area (Å²) in [5, 5.41) is 2.86. The Morgan fingerprint density at radius 2 is 2.22 bits per heavy atom. The fourth-order valence-electron chi connectivity index (χ4n) is 1.92. The van der Waals surface area contributed by atoms with Gasteiger partial charge in [0.15, 0.2) is 0 Å². The van der Waals surface area contributed by atoms with E-state index in [1.54, 1.807) is 11.1 Å². The van der Waals surface area contributed by atoms with E-state index in [-0.39, 0.29) is 17.7 Å². The number of carbonyl (C=O) groups is 2. The first-order valence-electron chi connectivity index (χ1n) is 6.01. The zero-order chi connectivity index (χ0) is 13.1. The number of aryl methyl sites for hydroxylation is 1. The number of rotatable bonds is 3. The second-order valence-corrected chi connectivity index (χ2v) is 4.61. The lowest BCUT2D eigenvalue weighted by atomic mass is 9.99. The highest BCUT2D eigenvalue weighted by Crippen LogP contribution is 2.15. The number of likely N-dealkylation sites (tertiary alicyclic amines) is 1. The minimum atomic E-state index is -0.0714. The van der Waals surface area contributed by atoms with Crippen LogP contribution in [0.3, 0.4) is 0 Å². The number of nitrogens with zero attached hydrogens (tertiary/aromatic N) is 2. The molecule has 18 heavy (non-hydrogen) atoms. The van der Waals surface area contributed by atoms with Crippen LogP contribution in [0.2, 0.25) is 0 Å². The van der Waals surface area contributed by atoms with Crippen molar-refractivity contribution in [1.29, 1.82) is 0 Å². The summed E-state index contributed by atoms with van der Waals surface area (Å²) in [6.07, 6.45) is 1.72. The van der Waals surface area contributed by atoms with Crippen LogP contribution in [0.25, 0.3) is 0 Å². The van der Waals surface area contributed by atoms with E-state index in [0.717, 1.165) is 11.3 Å². The van der Waals surface area contributed by atoms with E-state index in [2.05, 4.69) is 10.3 Å². The first kappa shape index (κ1) is 12.5. The summed E-state index contributed by atoms with van der Waals surface area (Å²) >= 11 is 0. The Kier molecular flexibility index (Phi) is 3.60. The summed E-state index contributed by atoms with van der Waals surface area (Å²) in [7, 11) is 0. The highest BCUT2D eigenvalue weighted by Gasteiger charge is 2.33. The van der Waals surface area contributed by atoms with E-state index in [0.29, 0.717) is 19.6 Å². The van der Waals surface area contributed by atoms with Gasteiger partial charge in [-0.15, -0.1) is 0 Å². The van der Waals surface area contributed by atoms with E-state index in [9.17, 15) is 9.59 Å². The van der Waals surface area contributed by atoms with Gasteiger partial charge >= 0.3 is 0 Å². The maximum atomic E-state index is 11.8. The molecule has 0 radical (unpaired) electrons. The molecule has 96 valence electrons. The van der Waals surface area contributed by atoms with Gasteiger partial charge in [0.05, 0.1) is 18.2 Å². The summed E-state index contributed by atoms with van der Waals surface area (Å²) in [4.78, 5) is 28.7. The monoisotopic (exact) mass is 247 g/mol. The molecular weight excluding hydrogens is 230 g/mol. The predicted molar refractivity (Wildman–Crippen MR) is 66.6 cm³/mol. The molecule has 1 aliphatic rings. The van der Waals surface area contributed by atoms with Crippen molar-refractivity contribution in [2.45, 2.75) is 20.4 Å². The lowest BCUT2D eigenvalue weighted by molar-refractivity contribution is -0.141. The van der Waals surface area contributed by atoms with Crippen molar-refractivity contribution in [3.8, 4) is 0 Å². The maximum Gasteiger partial charge on any atom is 0.227 e. The summed E-state index contributed by atoms with van der Waals surface area (Å²) in [6, 6.07) is 3.84. The first-order valence-corrected chi connectivity index (χ1v) is 6.01. The molecule has 1 aromatic rings. The Bertz CT molecular complexity index is 467. The quantitative estimate of drug-likeness (QED) is 0.845. The Hall–Kier alpha value is -1.91. The van der Waals surface area contributed by atoms with Crippen LogP contribution in [0.15, 0.2) is 18.3 Å². The third-order valence-corrected chi connectivity index (χ3v) is 3.25. The molecule has 0 saturated carbocycles. The average Bonchev–Trinajstić information content (AvgIpc) is 2.25. The highest BCUT2D eigenvalue weighted by atomic mass is 16.2. The summed E-state index contributed by atoms with van der Waals surface area (Å²) in [5.74, 6) is -0.0462. The Labute approximate surface area is 106 Å². The minimum Gasteiger partial charge on any atom is -0.350 e. The smallest absolute Gasteiger partial charge is 0.227 e. The topological polar surface area (TPSA) is 62.3 Å². The third kappa shape index (κ3) is 2.67. The molecule has 5 heteroatoms. The molecule has 5 nitrogen and oxygen atoms in total. The van der Waals surface area contributed by atoms with Gasteiger partial charge in [-0.3, -0.25) is 14.6 Å². The number of nitrogens with one attached hydrogen (secondary N) is 1. The van der Waals surface area contributed by atoms with Gasteiger partial charge in [0, 0.05) is 26.2 Å². The molecule has 0 aromatic carbocycles. The van der Waals surface area contributed by atoms with Crippen LogP contribution in [0.5, 0.6) is 0 Å². The van der Waals surface area contributed by atoms with Crippen LogP contribution in [0.1, 0.15) is 18.2 Å². The van der Waals surface area contributed by atoms with Gasteiger partial charge in [0.25, 0.3) is 0 Å². The molecule has 0 atom stereocenters. The second kappa shape index (κ2) is 5.16. The van der Waals surface area contributed by atoms with Gasteiger partial charge in [-0.2, -0.15) is 0 Å². The molecule has 0 unspecified atom stereocenters. The Balaban J connectivity index is 1.80. The second-order valence-electron chi connectivity index (χ2n) is 4.61. The van der Waals surface area contributed by atoms with Crippen LogP contribution in [0.4, 0.5) is 0 Å². The van der Waals surface area contributed by atoms with Crippen LogP contribution in [0, 0.1) is 12.8 Å². The van der Waals surface area contributed by atoms with Crippen molar-refractivity contribution in [2.75, 3.05) is 13.1 Å². The molecule has 2 rings (SSSR count). The van der Waals surface area contributed by atoms with Crippen molar-refractivity contribution < 1.29 is 9.59 Å². The predicted octanol–water partition coefficient (Wildman–Crippen LogP) is 0.485. The van der Waals surface area contributed by atoms with Gasteiger partial charge in [-0.05, 0) is 18.6 Å². The van der Waals surface area contributed by atoms with Crippen molar-refractivity contribution in [2.24, 2.45) is 5.92 Å². The largest absolute Gasteiger partial charge is 0.350 e.